The molecule has 79 heavy (non-hydrogen) atoms. The monoisotopic (exact) mass is 1110 g/mol. The number of ether oxygens (including phenoxy) is 10. The molecule has 8 heterocycles. The third kappa shape index (κ3) is 6.05. The molecule has 1 saturated carbocycles. The summed E-state index contributed by atoms with van der Waals surface area (Å²) in [4.78, 5) is 104. The molecule has 414 valence electrons. The van der Waals surface area contributed by atoms with E-state index in [0.717, 1.165) is 0 Å². The number of carbonyl (C=O) groups is 7. The first kappa shape index (κ1) is 50.5. The predicted molar refractivity (Wildman–Crippen MR) is 232 cm³/mol. The molecule has 5 saturated heterocycles. The van der Waals surface area contributed by atoms with Crippen molar-refractivity contribution in [3.8, 4) is 80.1 Å². The van der Waals surface area contributed by atoms with Crippen LogP contribution in [0, 0.1) is 5.41 Å². The maximum absolute atomic E-state index is 16.2. The zero-order valence-corrected chi connectivity index (χ0v) is 38.8. The SMILES string of the molecule is O=C(OC1OC2COC(=O)c3cc(O)c(O)c(O)c3-c3c(cc(O)c(O)c3O)C(=O)OC3C2OC(=O)[C@@]24CC(=O)[C@@](O)(OC25C(=O)O[C@H]2[C@@H](O)CO[C@@]25O)C2(O)Oc5c(O)c(O)cc(c5C24)C(=O)OC13)c1cc(O)c(O)c(O)c1. The molecule has 0 amide bonds. The minimum Gasteiger partial charge on any atom is -0.504 e. The van der Waals surface area contributed by atoms with Gasteiger partial charge in [-0.2, -0.15) is 0 Å². The second kappa shape index (κ2) is 15.9. The highest BCUT2D eigenvalue weighted by atomic mass is 16.8. The Balaban J connectivity index is 1.13. The van der Waals surface area contributed by atoms with E-state index in [1.165, 1.54) is 0 Å². The van der Waals surface area contributed by atoms with Crippen LogP contribution in [0.4, 0.5) is 0 Å². The van der Waals surface area contributed by atoms with Gasteiger partial charge in [-0.3, -0.25) is 9.59 Å². The standard InChI is InChI=1S/C47H34O32/c48-13-1-9(2-14(49)24(13)55)36(61)77-40-33-32-30(19(72-40)8-70-37(62)10-3-15(50)25(56)28(59)21(10)22-11(38(63)73-32)4-16(51)26(57)29(22)60)75-41(65)43-6-20(54)45(67,79-44(43)42(66)76-35-18(53)7-71-47(35,44)69)46(68)34(43)23-12(39(64)74-33)5-17(52)27(58)31(23)78-46/h1-5,18-19,30,32-35,40,48-53,55-60,67-69H,6-8H2/t18-,19?,30?,32?,33?,34?,35-,40?,43-,44?,45+,46?,47-/m0/s1. The second-order valence-electron chi connectivity index (χ2n) is 19.2. The molecule has 8 unspecified atom stereocenters. The van der Waals surface area contributed by atoms with Crippen LogP contribution in [0.3, 0.4) is 0 Å². The highest BCUT2D eigenvalue weighted by Crippen LogP contribution is 2.76. The Labute approximate surface area is 433 Å². The van der Waals surface area contributed by atoms with E-state index in [1.54, 1.807) is 0 Å². The van der Waals surface area contributed by atoms with Gasteiger partial charge in [0.1, 0.15) is 24.2 Å². The number of carbonyl (C=O) groups excluding carboxylic acids is 7. The summed E-state index contributed by atoms with van der Waals surface area (Å²) in [6.45, 7) is -2.44. The number of phenols is 11. The van der Waals surface area contributed by atoms with E-state index < -0.39 is 246 Å². The van der Waals surface area contributed by atoms with Crippen molar-refractivity contribution in [1.82, 2.24) is 0 Å². The first-order chi connectivity index (χ1) is 37.1. The number of ketones is 1. The molecule has 13 rings (SSSR count). The van der Waals surface area contributed by atoms with Crippen LogP contribution < -0.4 is 4.74 Å². The smallest absolute Gasteiger partial charge is 0.346 e. The average Bonchev–Trinajstić information content (AvgIpc) is 1.67. The number of hydrogen-bond donors (Lipinski definition) is 15. The maximum atomic E-state index is 16.2. The maximum Gasteiger partial charge on any atom is 0.346 e. The number of rotatable bonds is 2. The summed E-state index contributed by atoms with van der Waals surface area (Å²) in [6.07, 6.45) is -19.5. The number of hydrogen-bond acceptors (Lipinski definition) is 32. The van der Waals surface area contributed by atoms with Crippen LogP contribution in [0.15, 0.2) is 30.3 Å². The molecule has 4 aromatic rings. The predicted octanol–water partition coefficient (Wildman–Crippen LogP) is -2.87. The Kier molecular flexibility index (Phi) is 10.2. The number of esters is 6. The van der Waals surface area contributed by atoms with Crippen LogP contribution in [0.5, 0.6) is 69.0 Å². The molecule has 9 aliphatic rings. The molecule has 13 atom stereocenters. The summed E-state index contributed by atoms with van der Waals surface area (Å²) in [6, 6.07) is 2.11. The number of aromatic hydroxyl groups is 11. The molecular formula is C47H34O32. The van der Waals surface area contributed by atoms with Gasteiger partial charge >= 0.3 is 35.8 Å². The van der Waals surface area contributed by atoms with Crippen molar-refractivity contribution < 1.29 is 158 Å². The van der Waals surface area contributed by atoms with Gasteiger partial charge in [0.05, 0.1) is 34.8 Å². The fourth-order valence-electron chi connectivity index (χ4n) is 11.7. The molecule has 2 spiro atoms. The first-order valence-corrected chi connectivity index (χ1v) is 22.8. The molecule has 15 N–H and O–H groups in total. The highest BCUT2D eigenvalue weighted by molar-refractivity contribution is 6.09. The van der Waals surface area contributed by atoms with Crippen molar-refractivity contribution in [3.63, 3.8) is 0 Å². The van der Waals surface area contributed by atoms with E-state index in [9.17, 15) is 95.8 Å². The largest absolute Gasteiger partial charge is 0.504 e. The van der Waals surface area contributed by atoms with Crippen molar-refractivity contribution in [2.45, 2.75) is 78.2 Å². The molecule has 0 radical (unpaired) electrons. The van der Waals surface area contributed by atoms with E-state index >= 15 is 14.4 Å². The van der Waals surface area contributed by atoms with Gasteiger partial charge in [-0.05, 0) is 30.3 Å². The van der Waals surface area contributed by atoms with Gasteiger partial charge in [0.2, 0.25) is 41.0 Å². The fraction of sp³-hybridized carbons (Fsp3) is 0.340. The van der Waals surface area contributed by atoms with Crippen LogP contribution in [0.2, 0.25) is 0 Å². The Hall–Kier alpha value is -9.31. The number of benzene rings is 4. The van der Waals surface area contributed by atoms with E-state index in [-0.39, 0.29) is 0 Å². The Morgan fingerprint density at radius 1 is 0.582 bits per heavy atom. The third-order valence-corrected chi connectivity index (χ3v) is 15.2. The van der Waals surface area contributed by atoms with Crippen molar-refractivity contribution in [1.29, 1.82) is 0 Å². The van der Waals surface area contributed by atoms with Gasteiger partial charge in [-0.1, -0.05) is 0 Å². The second-order valence-corrected chi connectivity index (χ2v) is 19.2. The topological polar surface area (TPSA) is 515 Å². The minimum absolute atomic E-state index is 0.311. The third-order valence-electron chi connectivity index (χ3n) is 15.2. The molecule has 4 aromatic carbocycles. The summed E-state index contributed by atoms with van der Waals surface area (Å²) < 4.78 is 57.0. The average molecular weight is 1110 g/mol. The van der Waals surface area contributed by atoms with Crippen molar-refractivity contribution >= 4 is 41.6 Å². The summed E-state index contributed by atoms with van der Waals surface area (Å²) >= 11 is 0. The normalized spacial score (nSPS) is 34.6. The summed E-state index contributed by atoms with van der Waals surface area (Å²) in [5.41, 5.74) is -15.4. The van der Waals surface area contributed by atoms with Gasteiger partial charge in [-0.25, -0.2) is 24.0 Å². The van der Waals surface area contributed by atoms with Crippen LogP contribution in [0.25, 0.3) is 11.1 Å². The minimum atomic E-state index is -4.05. The van der Waals surface area contributed by atoms with Gasteiger partial charge in [0.15, 0.2) is 75.8 Å². The van der Waals surface area contributed by atoms with Gasteiger partial charge in [0, 0.05) is 23.1 Å². The number of fused-ring (bicyclic) bond motifs is 5. The van der Waals surface area contributed by atoms with Crippen molar-refractivity contribution in [3.05, 3.63) is 58.1 Å². The van der Waals surface area contributed by atoms with Crippen LogP contribution in [-0.2, 0) is 57.0 Å². The Morgan fingerprint density at radius 3 is 1.77 bits per heavy atom. The lowest BCUT2D eigenvalue weighted by Gasteiger charge is -2.64. The molecule has 32 heteroatoms. The van der Waals surface area contributed by atoms with Crippen LogP contribution in [-0.4, -0.2) is 197 Å². The number of aliphatic hydroxyl groups excluding tert-OH is 1. The zero-order chi connectivity index (χ0) is 56.9. The van der Waals surface area contributed by atoms with Crippen LogP contribution in [0.1, 0.15) is 59.3 Å². The van der Waals surface area contributed by atoms with Gasteiger partial charge < -0.3 is 124 Å². The lowest BCUT2D eigenvalue weighted by atomic mass is 9.47. The number of phenolic OH excluding ortho intramolecular Hbond substituents is 11. The lowest BCUT2D eigenvalue weighted by molar-refractivity contribution is -0.459. The molecule has 6 fully saturated rings. The zero-order valence-electron chi connectivity index (χ0n) is 38.8. The molecule has 8 aliphatic heterocycles. The lowest BCUT2D eigenvalue weighted by Crippen LogP contribution is -2.88. The molecule has 32 nitrogen and oxygen atoms in total. The molecular weight excluding hydrogens is 1080 g/mol. The van der Waals surface area contributed by atoms with Crippen molar-refractivity contribution in [2.75, 3.05) is 13.2 Å². The summed E-state index contributed by atoms with van der Waals surface area (Å²) in [7, 11) is 0. The first-order valence-electron chi connectivity index (χ1n) is 22.8. The number of cyclic esters (lactones) is 1. The van der Waals surface area contributed by atoms with Crippen molar-refractivity contribution in [2.24, 2.45) is 5.41 Å². The van der Waals surface area contributed by atoms with Crippen LogP contribution >= 0.6 is 0 Å². The van der Waals surface area contributed by atoms with E-state index in [0.29, 0.717) is 30.3 Å². The fourth-order valence-corrected chi connectivity index (χ4v) is 11.7. The summed E-state index contributed by atoms with van der Waals surface area (Å²) in [5.74, 6) is -43.9. The molecule has 0 aromatic heterocycles. The van der Waals surface area contributed by atoms with Gasteiger partial charge in [0.25, 0.3) is 11.6 Å². The Bertz CT molecular complexity index is 3530. The van der Waals surface area contributed by atoms with E-state index in [4.69, 9.17) is 47.4 Å². The van der Waals surface area contributed by atoms with E-state index in [1.807, 2.05) is 0 Å². The number of Topliss-reactive ketones (excluding diaryl/α,β-unsaturated/α-hetero) is 1. The molecule has 6 bridgehead atoms. The Morgan fingerprint density at radius 2 is 1.14 bits per heavy atom. The molecule has 1 aliphatic carbocycles. The number of aliphatic hydroxyl groups is 4. The summed E-state index contributed by atoms with van der Waals surface area (Å²) in [5, 5.41) is 167. The van der Waals surface area contributed by atoms with E-state index in [2.05, 4.69) is 0 Å². The quantitative estimate of drug-likeness (QED) is 0.0545. The van der Waals surface area contributed by atoms with Gasteiger partial charge in [-0.15, -0.1) is 0 Å². The highest BCUT2D eigenvalue weighted by Gasteiger charge is 2.97.